The molecule has 27 heavy (non-hydrogen) atoms. The summed E-state index contributed by atoms with van der Waals surface area (Å²) >= 11 is 0. The van der Waals surface area contributed by atoms with Gasteiger partial charge in [-0.15, -0.1) is 0 Å². The van der Waals surface area contributed by atoms with Gasteiger partial charge in [-0.3, -0.25) is 14.5 Å². The van der Waals surface area contributed by atoms with Crippen LogP contribution in [0.15, 0.2) is 35.5 Å². The molecule has 6 heteroatoms. The van der Waals surface area contributed by atoms with Gasteiger partial charge in [-0.05, 0) is 58.7 Å². The first kappa shape index (κ1) is 19.8. The molecular weight excluding hydrogens is 340 g/mol. The van der Waals surface area contributed by atoms with Crippen LogP contribution < -0.4 is 5.69 Å². The summed E-state index contributed by atoms with van der Waals surface area (Å²) < 4.78 is 7.62. The SMILES string of the molecule is CCOC[C@]1(CCn2cc[nH]c2=O)CCN(C(C)(C)c2ccc(C)nc2)C1. The second kappa shape index (κ2) is 7.98. The highest BCUT2D eigenvalue weighted by Crippen LogP contribution is 2.41. The monoisotopic (exact) mass is 372 g/mol. The minimum atomic E-state index is -0.0837. The van der Waals surface area contributed by atoms with Crippen LogP contribution in [0.25, 0.3) is 0 Å². The highest BCUT2D eigenvalue weighted by molar-refractivity contribution is 5.22. The number of nitrogens with zero attached hydrogens (tertiary/aromatic N) is 3. The third-order valence-corrected chi connectivity index (χ3v) is 6.06. The number of aromatic nitrogens is 3. The van der Waals surface area contributed by atoms with Crippen molar-refractivity contribution in [1.29, 1.82) is 0 Å². The van der Waals surface area contributed by atoms with Gasteiger partial charge in [0, 0.05) is 54.9 Å². The van der Waals surface area contributed by atoms with E-state index >= 15 is 0 Å². The molecule has 2 aromatic heterocycles. The van der Waals surface area contributed by atoms with Crippen molar-refractivity contribution in [3.05, 3.63) is 52.5 Å². The van der Waals surface area contributed by atoms with Gasteiger partial charge < -0.3 is 9.72 Å². The number of pyridine rings is 1. The lowest BCUT2D eigenvalue weighted by Crippen LogP contribution is -2.42. The fourth-order valence-electron chi connectivity index (χ4n) is 4.02. The average Bonchev–Trinajstić information content (AvgIpc) is 3.26. The Bertz CT molecular complexity index is 793. The van der Waals surface area contributed by atoms with Crippen LogP contribution in [0.2, 0.25) is 0 Å². The maximum atomic E-state index is 11.8. The number of ether oxygens (including phenoxy) is 1. The molecule has 0 bridgehead atoms. The number of aromatic amines is 1. The standard InChI is InChI=1S/C21H32N4O2/c1-5-27-16-21(8-11-24-13-10-22-19(24)26)9-12-25(15-21)20(3,4)18-7-6-17(2)23-14-18/h6-7,10,13-14H,5,8-9,11-12,15-16H2,1-4H3,(H,22,26)/t21-/m1/s1. The van der Waals surface area contributed by atoms with E-state index in [1.165, 1.54) is 5.56 Å². The molecule has 3 rings (SSSR count). The maximum absolute atomic E-state index is 11.8. The molecule has 1 atom stereocenters. The molecule has 1 fully saturated rings. The average molecular weight is 373 g/mol. The third kappa shape index (κ3) is 4.33. The van der Waals surface area contributed by atoms with Crippen LogP contribution in [-0.2, 0) is 16.8 Å². The van der Waals surface area contributed by atoms with Crippen molar-refractivity contribution < 1.29 is 4.74 Å². The Morgan fingerprint density at radius 1 is 1.37 bits per heavy atom. The molecule has 2 aromatic rings. The Hall–Kier alpha value is -1.92. The molecule has 0 spiro atoms. The summed E-state index contributed by atoms with van der Waals surface area (Å²) in [6.45, 7) is 12.8. The van der Waals surface area contributed by atoms with Gasteiger partial charge in [0.1, 0.15) is 0 Å². The van der Waals surface area contributed by atoms with Gasteiger partial charge in [-0.2, -0.15) is 0 Å². The molecule has 0 saturated carbocycles. The quantitative estimate of drug-likeness (QED) is 0.774. The number of nitrogens with one attached hydrogen (secondary N) is 1. The van der Waals surface area contributed by atoms with E-state index < -0.39 is 0 Å². The van der Waals surface area contributed by atoms with Gasteiger partial charge in [0.2, 0.25) is 0 Å². The van der Waals surface area contributed by atoms with Crippen molar-refractivity contribution in [3.63, 3.8) is 0 Å². The normalized spacial score (nSPS) is 21.0. The van der Waals surface area contributed by atoms with Gasteiger partial charge in [0.05, 0.1) is 6.61 Å². The van der Waals surface area contributed by atoms with Crippen LogP contribution in [0.3, 0.4) is 0 Å². The van der Waals surface area contributed by atoms with E-state index in [4.69, 9.17) is 4.74 Å². The summed E-state index contributed by atoms with van der Waals surface area (Å²) in [5.74, 6) is 0. The van der Waals surface area contributed by atoms with E-state index in [1.54, 1.807) is 10.8 Å². The lowest BCUT2D eigenvalue weighted by molar-refractivity contribution is 0.0357. The van der Waals surface area contributed by atoms with Crippen molar-refractivity contribution in [1.82, 2.24) is 19.4 Å². The van der Waals surface area contributed by atoms with Crippen LogP contribution in [0.1, 0.15) is 44.9 Å². The predicted octanol–water partition coefficient (Wildman–Crippen LogP) is 2.93. The van der Waals surface area contributed by atoms with Gasteiger partial charge in [-0.1, -0.05) is 6.07 Å². The fraction of sp³-hybridized carbons (Fsp3) is 0.619. The summed E-state index contributed by atoms with van der Waals surface area (Å²) in [5.41, 5.74) is 2.23. The van der Waals surface area contributed by atoms with Crippen LogP contribution in [0.4, 0.5) is 0 Å². The Morgan fingerprint density at radius 2 is 2.19 bits per heavy atom. The Morgan fingerprint density at radius 3 is 2.81 bits per heavy atom. The largest absolute Gasteiger partial charge is 0.381 e. The number of H-pyrrole nitrogens is 1. The van der Waals surface area contributed by atoms with E-state index in [1.807, 2.05) is 26.2 Å². The minimum Gasteiger partial charge on any atom is -0.381 e. The highest BCUT2D eigenvalue weighted by atomic mass is 16.5. The summed E-state index contributed by atoms with van der Waals surface area (Å²) in [5, 5.41) is 0. The maximum Gasteiger partial charge on any atom is 0.325 e. The van der Waals surface area contributed by atoms with Crippen molar-refractivity contribution in [2.45, 2.75) is 52.6 Å². The number of hydrogen-bond acceptors (Lipinski definition) is 4. The molecule has 6 nitrogen and oxygen atoms in total. The van der Waals surface area contributed by atoms with Crippen molar-refractivity contribution in [3.8, 4) is 0 Å². The van der Waals surface area contributed by atoms with Crippen LogP contribution in [0, 0.1) is 12.3 Å². The van der Waals surface area contributed by atoms with E-state index in [2.05, 4.69) is 40.8 Å². The molecular formula is C21H32N4O2. The zero-order valence-electron chi connectivity index (χ0n) is 17.0. The van der Waals surface area contributed by atoms with Crippen LogP contribution in [-0.4, -0.2) is 45.7 Å². The first-order chi connectivity index (χ1) is 12.9. The van der Waals surface area contributed by atoms with E-state index in [9.17, 15) is 4.79 Å². The summed E-state index contributed by atoms with van der Waals surface area (Å²) in [4.78, 5) is 21.6. The molecule has 0 amide bonds. The first-order valence-corrected chi connectivity index (χ1v) is 9.86. The van der Waals surface area contributed by atoms with Crippen molar-refractivity contribution in [2.24, 2.45) is 5.41 Å². The Labute approximate surface area is 161 Å². The van der Waals surface area contributed by atoms with Gasteiger partial charge >= 0.3 is 5.69 Å². The summed E-state index contributed by atoms with van der Waals surface area (Å²) in [6, 6.07) is 4.27. The number of imidazole rings is 1. The van der Waals surface area contributed by atoms with Crippen LogP contribution in [0.5, 0.6) is 0 Å². The molecule has 1 aliphatic rings. The molecule has 0 radical (unpaired) electrons. The topological polar surface area (TPSA) is 63.1 Å². The second-order valence-electron chi connectivity index (χ2n) is 8.26. The molecule has 1 aliphatic heterocycles. The molecule has 1 N–H and O–H groups in total. The Balaban J connectivity index is 1.75. The highest BCUT2D eigenvalue weighted by Gasteiger charge is 2.43. The van der Waals surface area contributed by atoms with E-state index in [0.717, 1.165) is 51.4 Å². The molecule has 3 heterocycles. The van der Waals surface area contributed by atoms with E-state index in [-0.39, 0.29) is 16.6 Å². The minimum absolute atomic E-state index is 0.0394. The lowest BCUT2D eigenvalue weighted by atomic mass is 9.84. The zero-order chi connectivity index (χ0) is 19.5. The third-order valence-electron chi connectivity index (χ3n) is 6.06. The number of rotatable bonds is 8. The van der Waals surface area contributed by atoms with Crippen molar-refractivity contribution >= 4 is 0 Å². The van der Waals surface area contributed by atoms with Gasteiger partial charge in [-0.25, -0.2) is 4.79 Å². The van der Waals surface area contributed by atoms with Crippen LogP contribution >= 0.6 is 0 Å². The number of hydrogen-bond donors (Lipinski definition) is 1. The van der Waals surface area contributed by atoms with Crippen molar-refractivity contribution in [2.75, 3.05) is 26.3 Å². The number of aryl methyl sites for hydroxylation is 2. The molecule has 148 valence electrons. The molecule has 0 aromatic carbocycles. The molecule has 0 aliphatic carbocycles. The number of likely N-dealkylation sites (tertiary alicyclic amines) is 1. The van der Waals surface area contributed by atoms with E-state index in [0.29, 0.717) is 0 Å². The second-order valence-corrected chi connectivity index (χ2v) is 8.26. The molecule has 1 saturated heterocycles. The molecule has 0 unspecified atom stereocenters. The summed E-state index contributed by atoms with van der Waals surface area (Å²) in [7, 11) is 0. The van der Waals surface area contributed by atoms with Gasteiger partial charge in [0.25, 0.3) is 0 Å². The summed E-state index contributed by atoms with van der Waals surface area (Å²) in [6.07, 6.45) is 7.53. The predicted molar refractivity (Wildman–Crippen MR) is 107 cm³/mol. The van der Waals surface area contributed by atoms with Gasteiger partial charge in [0.15, 0.2) is 0 Å². The zero-order valence-corrected chi connectivity index (χ0v) is 17.0. The smallest absolute Gasteiger partial charge is 0.325 e. The fourth-order valence-corrected chi connectivity index (χ4v) is 4.02. The Kier molecular flexibility index (Phi) is 5.86. The lowest BCUT2D eigenvalue weighted by Gasteiger charge is -2.38. The first-order valence-electron chi connectivity index (χ1n) is 9.86.